The largest absolute Gasteiger partial charge is 0.208 e. The minimum Gasteiger partial charge on any atom is -0.208 e. The first kappa shape index (κ1) is 29.8. The van der Waals surface area contributed by atoms with E-state index in [0.29, 0.717) is 34.9 Å². The van der Waals surface area contributed by atoms with E-state index < -0.39 is 0 Å². The molecule has 4 heteroatoms. The number of hydrogen-bond acceptors (Lipinski definition) is 4. The van der Waals surface area contributed by atoms with Crippen LogP contribution in [0.2, 0.25) is 0 Å². The molecule has 0 amide bonds. The molecule has 248 valence electrons. The molecule has 6 aromatic carbocycles. The van der Waals surface area contributed by atoms with E-state index in [1.807, 2.05) is 42.5 Å². The lowest BCUT2D eigenvalue weighted by Crippen LogP contribution is -2.55. The lowest BCUT2D eigenvalue weighted by atomic mass is 9.43. The van der Waals surface area contributed by atoms with Crippen molar-refractivity contribution in [1.29, 1.82) is 5.26 Å². The number of nitrogens with zero attached hydrogens (tertiary/aromatic N) is 4. The van der Waals surface area contributed by atoms with Crippen LogP contribution in [-0.2, 0) is 5.41 Å². The number of rotatable bonds is 4. The van der Waals surface area contributed by atoms with E-state index in [9.17, 15) is 5.26 Å². The zero-order valence-electron chi connectivity index (χ0n) is 28.8. The first-order valence-electron chi connectivity index (χ1n) is 18.8. The van der Waals surface area contributed by atoms with Crippen LogP contribution in [0.25, 0.3) is 67.2 Å². The van der Waals surface area contributed by atoms with E-state index in [0.717, 1.165) is 39.7 Å². The van der Waals surface area contributed by atoms with E-state index >= 15 is 0 Å². The van der Waals surface area contributed by atoms with Gasteiger partial charge in [-0.1, -0.05) is 115 Å². The molecule has 4 nitrogen and oxygen atoms in total. The van der Waals surface area contributed by atoms with Crippen LogP contribution in [0.3, 0.4) is 0 Å². The molecule has 0 saturated heterocycles. The van der Waals surface area contributed by atoms with Crippen molar-refractivity contribution < 1.29 is 0 Å². The fourth-order valence-corrected chi connectivity index (χ4v) is 11.1. The van der Waals surface area contributed by atoms with Crippen LogP contribution in [0.4, 0.5) is 0 Å². The van der Waals surface area contributed by atoms with Gasteiger partial charge in [-0.15, -0.1) is 0 Å². The average Bonchev–Trinajstić information content (AvgIpc) is 3.51. The van der Waals surface area contributed by atoms with Gasteiger partial charge in [0.2, 0.25) is 0 Å². The van der Waals surface area contributed by atoms with Crippen molar-refractivity contribution in [2.45, 2.75) is 37.5 Å². The lowest BCUT2D eigenvalue weighted by Gasteiger charge is -2.61. The van der Waals surface area contributed by atoms with Crippen LogP contribution < -0.4 is 0 Å². The highest BCUT2D eigenvalue weighted by molar-refractivity contribution is 6.06. The highest BCUT2D eigenvalue weighted by atomic mass is 15.0. The predicted octanol–water partition coefficient (Wildman–Crippen LogP) is 11.3. The summed E-state index contributed by atoms with van der Waals surface area (Å²) in [6, 6.07) is 49.4. The van der Waals surface area contributed by atoms with Gasteiger partial charge in [0.05, 0.1) is 11.6 Å². The molecule has 0 N–H and O–H groups in total. The number of fused-ring (bicyclic) bond motifs is 5. The first-order valence-corrected chi connectivity index (χ1v) is 18.8. The van der Waals surface area contributed by atoms with Gasteiger partial charge in [0.1, 0.15) is 0 Å². The Bertz CT molecular complexity index is 2570. The highest BCUT2D eigenvalue weighted by Gasteiger charge is 2.62. The van der Waals surface area contributed by atoms with Crippen molar-refractivity contribution in [2.24, 2.45) is 23.7 Å². The molecule has 0 aliphatic heterocycles. The quantitative estimate of drug-likeness (QED) is 0.187. The number of hydrogen-bond donors (Lipinski definition) is 0. The highest BCUT2D eigenvalue weighted by Crippen LogP contribution is 2.70. The van der Waals surface area contributed by atoms with Gasteiger partial charge in [0, 0.05) is 22.1 Å². The molecule has 1 heterocycles. The summed E-state index contributed by atoms with van der Waals surface area (Å²) in [6.45, 7) is 0. The Hall–Kier alpha value is -5.92. The normalized spacial score (nSPS) is 23.4. The van der Waals surface area contributed by atoms with Gasteiger partial charge in [-0.25, -0.2) is 15.0 Å². The Morgan fingerprint density at radius 3 is 1.90 bits per heavy atom. The third-order valence-electron chi connectivity index (χ3n) is 12.9. The Labute approximate surface area is 303 Å². The van der Waals surface area contributed by atoms with Gasteiger partial charge < -0.3 is 0 Å². The van der Waals surface area contributed by atoms with Crippen LogP contribution in [0.15, 0.2) is 133 Å². The van der Waals surface area contributed by atoms with Crippen molar-refractivity contribution in [3.05, 3.63) is 150 Å². The summed E-state index contributed by atoms with van der Waals surface area (Å²) in [6.07, 6.45) is 6.79. The first-order chi connectivity index (χ1) is 25.7. The maximum Gasteiger partial charge on any atom is 0.164 e. The maximum atomic E-state index is 9.35. The Morgan fingerprint density at radius 1 is 0.500 bits per heavy atom. The van der Waals surface area contributed by atoms with Crippen LogP contribution in [0, 0.1) is 35.0 Å². The maximum absolute atomic E-state index is 9.35. The van der Waals surface area contributed by atoms with Gasteiger partial charge in [-0.3, -0.25) is 0 Å². The molecule has 0 radical (unpaired) electrons. The van der Waals surface area contributed by atoms with E-state index in [-0.39, 0.29) is 5.41 Å². The Kier molecular flexibility index (Phi) is 6.47. The number of aromatic nitrogens is 3. The molecule has 7 aromatic rings. The molecular weight excluding hydrogens is 633 g/mol. The van der Waals surface area contributed by atoms with Crippen molar-refractivity contribution >= 4 is 10.8 Å². The molecule has 0 atom stereocenters. The summed E-state index contributed by atoms with van der Waals surface area (Å²) < 4.78 is 0. The molecule has 5 aliphatic carbocycles. The molecule has 1 aromatic heterocycles. The standard InChI is InChI=1S/C48H36N4/c49-28-29-16-18-32(19-17-29)35-11-6-12-36(27-35)46-50-45(34-9-2-1-3-10-34)51-47(52-46)40-14-7-15-41-44(40)43-39-13-5-4-8-33(39)20-21-42(43)48(41)37-23-30-22-31(25-37)26-38(48)24-30/h1-21,27,30-31,37-38H,22-26H2. The third-order valence-corrected chi connectivity index (χ3v) is 12.9. The van der Waals surface area contributed by atoms with Crippen molar-refractivity contribution in [3.8, 4) is 62.5 Å². The van der Waals surface area contributed by atoms with Crippen molar-refractivity contribution in [1.82, 2.24) is 15.0 Å². The Morgan fingerprint density at radius 2 is 1.13 bits per heavy atom. The molecule has 4 saturated carbocycles. The summed E-state index contributed by atoms with van der Waals surface area (Å²) in [5, 5.41) is 12.0. The fraction of sp³-hybridized carbons (Fsp3) is 0.208. The van der Waals surface area contributed by atoms with Crippen LogP contribution in [0.5, 0.6) is 0 Å². The lowest BCUT2D eigenvalue weighted by molar-refractivity contribution is -0.0399. The number of nitriles is 1. The molecule has 12 rings (SSSR count). The summed E-state index contributed by atoms with van der Waals surface area (Å²) in [7, 11) is 0. The monoisotopic (exact) mass is 668 g/mol. The van der Waals surface area contributed by atoms with Crippen LogP contribution >= 0.6 is 0 Å². The smallest absolute Gasteiger partial charge is 0.164 e. The second-order valence-electron chi connectivity index (χ2n) is 15.6. The van der Waals surface area contributed by atoms with Gasteiger partial charge in [0.25, 0.3) is 0 Å². The van der Waals surface area contributed by atoms with E-state index in [4.69, 9.17) is 15.0 Å². The molecule has 1 spiro atoms. The average molecular weight is 669 g/mol. The molecular formula is C48H36N4. The summed E-state index contributed by atoms with van der Waals surface area (Å²) in [5.74, 6) is 5.12. The SMILES string of the molecule is N#Cc1ccc(-c2cccc(-c3nc(-c4ccccc4)nc(-c4cccc5c4-c4c(ccc6ccccc46)C54C5CC6CC(C5)CC4C6)n3)c2)cc1. The zero-order valence-corrected chi connectivity index (χ0v) is 28.8. The summed E-state index contributed by atoms with van der Waals surface area (Å²) in [5.41, 5.74) is 11.5. The van der Waals surface area contributed by atoms with E-state index in [1.165, 1.54) is 65.1 Å². The Balaban J connectivity index is 1.15. The van der Waals surface area contributed by atoms with Crippen LogP contribution in [-0.4, -0.2) is 15.0 Å². The second kappa shape index (κ2) is 11.3. The van der Waals surface area contributed by atoms with Crippen molar-refractivity contribution in [3.63, 3.8) is 0 Å². The minimum absolute atomic E-state index is 0.0334. The van der Waals surface area contributed by atoms with Gasteiger partial charge in [-0.2, -0.15) is 5.26 Å². The molecule has 0 unspecified atom stereocenters. The third kappa shape index (κ3) is 4.29. The van der Waals surface area contributed by atoms with Crippen molar-refractivity contribution in [2.75, 3.05) is 0 Å². The van der Waals surface area contributed by atoms with Crippen LogP contribution in [0.1, 0.15) is 48.8 Å². The molecule has 5 aliphatic rings. The minimum atomic E-state index is 0.0334. The second-order valence-corrected chi connectivity index (χ2v) is 15.6. The zero-order chi connectivity index (χ0) is 34.4. The van der Waals surface area contributed by atoms with Gasteiger partial charge in [0.15, 0.2) is 17.5 Å². The van der Waals surface area contributed by atoms with Gasteiger partial charge in [-0.05, 0) is 118 Å². The molecule has 52 heavy (non-hydrogen) atoms. The fourth-order valence-electron chi connectivity index (χ4n) is 11.1. The van der Waals surface area contributed by atoms with E-state index in [2.05, 4.69) is 97.1 Å². The van der Waals surface area contributed by atoms with E-state index in [1.54, 1.807) is 0 Å². The summed E-state index contributed by atoms with van der Waals surface area (Å²) in [4.78, 5) is 15.8. The summed E-state index contributed by atoms with van der Waals surface area (Å²) >= 11 is 0. The predicted molar refractivity (Wildman–Crippen MR) is 207 cm³/mol. The molecule has 4 fully saturated rings. The molecule has 4 bridgehead atoms. The van der Waals surface area contributed by atoms with Gasteiger partial charge >= 0.3 is 0 Å². The number of benzene rings is 6. The topological polar surface area (TPSA) is 62.5 Å².